The van der Waals surface area contributed by atoms with E-state index >= 15 is 0 Å². The molecule has 2 heterocycles. The van der Waals surface area contributed by atoms with E-state index in [0.717, 1.165) is 42.6 Å². The molecular formula is C10H17ClN4S. The predicted molar refractivity (Wildman–Crippen MR) is 66.9 cm³/mol. The highest BCUT2D eigenvalue weighted by Gasteiger charge is 2.23. The molecule has 0 saturated carbocycles. The molecule has 90 valence electrons. The van der Waals surface area contributed by atoms with Crippen LogP contribution in [0.25, 0.3) is 0 Å². The van der Waals surface area contributed by atoms with Crippen molar-refractivity contribution in [2.75, 3.05) is 19.6 Å². The molecule has 2 rings (SSSR count). The van der Waals surface area contributed by atoms with Gasteiger partial charge < -0.3 is 5.32 Å². The van der Waals surface area contributed by atoms with E-state index in [4.69, 9.17) is 11.6 Å². The van der Waals surface area contributed by atoms with Crippen LogP contribution >= 0.6 is 23.1 Å². The summed E-state index contributed by atoms with van der Waals surface area (Å²) in [6.45, 7) is 6.33. The molecule has 1 aliphatic heterocycles. The minimum atomic E-state index is 0.623. The van der Waals surface area contributed by atoms with Crippen molar-refractivity contribution < 1.29 is 0 Å². The highest BCUT2D eigenvalue weighted by atomic mass is 35.5. The Hall–Kier alpha value is -0.230. The molecule has 1 aromatic heterocycles. The van der Waals surface area contributed by atoms with Crippen molar-refractivity contribution in [3.05, 3.63) is 10.0 Å². The zero-order valence-corrected chi connectivity index (χ0v) is 11.0. The third kappa shape index (κ3) is 2.91. The van der Waals surface area contributed by atoms with E-state index in [0.29, 0.717) is 6.04 Å². The van der Waals surface area contributed by atoms with Crippen LogP contribution in [0, 0.1) is 0 Å². The van der Waals surface area contributed by atoms with Crippen LogP contribution in [0.15, 0.2) is 0 Å². The lowest BCUT2D eigenvalue weighted by atomic mass is 10.2. The van der Waals surface area contributed by atoms with Crippen LogP contribution < -0.4 is 5.32 Å². The van der Waals surface area contributed by atoms with Gasteiger partial charge in [0, 0.05) is 30.7 Å². The van der Waals surface area contributed by atoms with E-state index in [1.807, 2.05) is 0 Å². The zero-order valence-electron chi connectivity index (χ0n) is 9.45. The van der Waals surface area contributed by atoms with Crippen molar-refractivity contribution in [1.29, 1.82) is 0 Å². The van der Waals surface area contributed by atoms with Gasteiger partial charge in [0.1, 0.15) is 10.0 Å². The molecule has 4 nitrogen and oxygen atoms in total. The molecule has 6 heteroatoms. The Kier molecular flexibility index (Phi) is 4.52. The quantitative estimate of drug-likeness (QED) is 0.876. The highest BCUT2D eigenvalue weighted by Crippen LogP contribution is 2.21. The van der Waals surface area contributed by atoms with Gasteiger partial charge >= 0.3 is 0 Å². The fourth-order valence-corrected chi connectivity index (χ4v) is 2.72. The fourth-order valence-electron chi connectivity index (χ4n) is 2.11. The fraction of sp³-hybridized carbons (Fsp3) is 0.800. The van der Waals surface area contributed by atoms with E-state index in [1.165, 1.54) is 18.0 Å². The SMILES string of the molecule is CCCN(Cc1nnsc1Cl)C1CCNC1. The van der Waals surface area contributed by atoms with Crippen molar-refractivity contribution in [3.8, 4) is 0 Å². The summed E-state index contributed by atoms with van der Waals surface area (Å²) < 4.78 is 4.61. The molecule has 1 N–H and O–H groups in total. The van der Waals surface area contributed by atoms with E-state index in [-0.39, 0.29) is 0 Å². The third-order valence-electron chi connectivity index (χ3n) is 2.92. The van der Waals surface area contributed by atoms with Crippen LogP contribution in [0.4, 0.5) is 0 Å². The molecule has 16 heavy (non-hydrogen) atoms. The maximum Gasteiger partial charge on any atom is 0.138 e. The summed E-state index contributed by atoms with van der Waals surface area (Å²) in [6.07, 6.45) is 2.38. The molecule has 1 aliphatic rings. The molecule has 0 radical (unpaired) electrons. The summed E-state index contributed by atoms with van der Waals surface area (Å²) in [5.74, 6) is 0. The molecule has 1 unspecified atom stereocenters. The lowest BCUT2D eigenvalue weighted by Gasteiger charge is -2.26. The van der Waals surface area contributed by atoms with E-state index in [1.54, 1.807) is 0 Å². The first kappa shape index (κ1) is 12.2. The van der Waals surface area contributed by atoms with Crippen LogP contribution in [0.2, 0.25) is 4.34 Å². The van der Waals surface area contributed by atoms with Crippen molar-refractivity contribution in [2.45, 2.75) is 32.4 Å². The number of rotatable bonds is 5. The van der Waals surface area contributed by atoms with E-state index in [9.17, 15) is 0 Å². The Morgan fingerprint density at radius 2 is 2.50 bits per heavy atom. The van der Waals surface area contributed by atoms with Crippen LogP contribution in [-0.4, -0.2) is 40.2 Å². The average Bonchev–Trinajstić information content (AvgIpc) is 2.90. The Morgan fingerprint density at radius 1 is 1.62 bits per heavy atom. The number of nitrogens with zero attached hydrogens (tertiary/aromatic N) is 3. The molecule has 1 saturated heterocycles. The van der Waals surface area contributed by atoms with Gasteiger partial charge in [-0.15, -0.1) is 5.10 Å². The zero-order chi connectivity index (χ0) is 11.4. The molecule has 0 aromatic carbocycles. The van der Waals surface area contributed by atoms with Crippen LogP contribution in [-0.2, 0) is 6.54 Å². The number of nitrogens with one attached hydrogen (secondary N) is 1. The Labute approximate surface area is 105 Å². The highest BCUT2D eigenvalue weighted by molar-refractivity contribution is 7.10. The number of hydrogen-bond acceptors (Lipinski definition) is 5. The number of aromatic nitrogens is 2. The smallest absolute Gasteiger partial charge is 0.138 e. The Morgan fingerprint density at radius 3 is 3.06 bits per heavy atom. The molecule has 1 fully saturated rings. The lowest BCUT2D eigenvalue weighted by molar-refractivity contribution is 0.197. The van der Waals surface area contributed by atoms with Crippen molar-refractivity contribution >= 4 is 23.1 Å². The first-order valence-electron chi connectivity index (χ1n) is 5.72. The first-order chi connectivity index (χ1) is 7.81. The lowest BCUT2D eigenvalue weighted by Crippen LogP contribution is -2.37. The first-order valence-corrected chi connectivity index (χ1v) is 6.88. The van der Waals surface area contributed by atoms with Crippen LogP contribution in [0.1, 0.15) is 25.5 Å². The van der Waals surface area contributed by atoms with Gasteiger partial charge in [-0.2, -0.15) is 0 Å². The summed E-state index contributed by atoms with van der Waals surface area (Å²) in [5.41, 5.74) is 0.923. The molecule has 0 aliphatic carbocycles. The second-order valence-electron chi connectivity index (χ2n) is 4.11. The maximum absolute atomic E-state index is 6.04. The minimum Gasteiger partial charge on any atom is -0.315 e. The average molecular weight is 261 g/mol. The minimum absolute atomic E-state index is 0.623. The van der Waals surface area contributed by atoms with Gasteiger partial charge in [-0.3, -0.25) is 4.90 Å². The monoisotopic (exact) mass is 260 g/mol. The van der Waals surface area contributed by atoms with Gasteiger partial charge in [0.05, 0.1) is 0 Å². The number of hydrogen-bond donors (Lipinski definition) is 1. The van der Waals surface area contributed by atoms with Crippen molar-refractivity contribution in [3.63, 3.8) is 0 Å². The maximum atomic E-state index is 6.04. The van der Waals surface area contributed by atoms with Gasteiger partial charge in [0.2, 0.25) is 0 Å². The van der Waals surface area contributed by atoms with Gasteiger partial charge in [-0.05, 0) is 25.9 Å². The van der Waals surface area contributed by atoms with E-state index in [2.05, 4.69) is 26.7 Å². The normalized spacial score (nSPS) is 20.8. The molecule has 0 bridgehead atoms. The van der Waals surface area contributed by atoms with Gasteiger partial charge in [-0.25, -0.2) is 0 Å². The summed E-state index contributed by atoms with van der Waals surface area (Å²) >= 11 is 7.31. The number of halogens is 1. The molecule has 1 aromatic rings. The summed E-state index contributed by atoms with van der Waals surface area (Å²) in [4.78, 5) is 2.46. The van der Waals surface area contributed by atoms with E-state index < -0.39 is 0 Å². The molecule has 0 spiro atoms. The van der Waals surface area contributed by atoms with Gasteiger partial charge in [0.15, 0.2) is 0 Å². The van der Waals surface area contributed by atoms with Crippen molar-refractivity contribution in [1.82, 2.24) is 19.8 Å². The summed E-state index contributed by atoms with van der Waals surface area (Å²) in [5, 5.41) is 7.48. The largest absolute Gasteiger partial charge is 0.315 e. The third-order valence-corrected chi connectivity index (χ3v) is 3.91. The van der Waals surface area contributed by atoms with Gasteiger partial charge in [0.25, 0.3) is 0 Å². The topological polar surface area (TPSA) is 41.1 Å². The summed E-state index contributed by atoms with van der Waals surface area (Å²) in [6, 6.07) is 0.623. The van der Waals surface area contributed by atoms with Gasteiger partial charge in [-0.1, -0.05) is 23.0 Å². The second kappa shape index (κ2) is 5.91. The summed E-state index contributed by atoms with van der Waals surface area (Å²) in [7, 11) is 0. The molecule has 1 atom stereocenters. The predicted octanol–water partition coefficient (Wildman–Crippen LogP) is 1.77. The standard InChI is InChI=1S/C10H17ClN4S/c1-2-5-15(8-3-4-12-6-8)7-9-10(11)16-14-13-9/h8,12H,2-7H2,1H3. The Bertz CT molecular complexity index is 324. The molecule has 0 amide bonds. The van der Waals surface area contributed by atoms with Crippen LogP contribution in [0.5, 0.6) is 0 Å². The molecular weight excluding hydrogens is 244 g/mol. The van der Waals surface area contributed by atoms with Crippen molar-refractivity contribution in [2.24, 2.45) is 0 Å². The Balaban J connectivity index is 1.99. The second-order valence-corrected chi connectivity index (χ2v) is 5.47. The van der Waals surface area contributed by atoms with Crippen LogP contribution in [0.3, 0.4) is 0 Å².